The van der Waals surface area contributed by atoms with Gasteiger partial charge in [0, 0.05) is 17.4 Å². The molecule has 1 aliphatic rings. The molecule has 0 spiro atoms. The number of halogens is 2. The SMILES string of the molecule is O=c1[nH]c(=S)n(-c2ccc(Oc3ccccc3)cc2)c(O)c1C=C1C=Nc2c(F)ccc(Cl)c21. The molecule has 0 atom stereocenters. The number of benzene rings is 3. The normalized spacial score (nSPS) is 13.3. The second kappa shape index (κ2) is 8.74. The zero-order valence-electron chi connectivity index (χ0n) is 17.3. The third kappa shape index (κ3) is 3.93. The number of aromatic nitrogens is 2. The lowest BCUT2D eigenvalue weighted by Gasteiger charge is -2.13. The van der Waals surface area contributed by atoms with E-state index in [1.165, 1.54) is 29.0 Å². The van der Waals surface area contributed by atoms with Crippen molar-refractivity contribution in [2.24, 2.45) is 4.99 Å². The summed E-state index contributed by atoms with van der Waals surface area (Å²) in [7, 11) is 0. The highest BCUT2D eigenvalue weighted by molar-refractivity contribution is 7.71. The van der Waals surface area contributed by atoms with E-state index < -0.39 is 11.4 Å². The van der Waals surface area contributed by atoms with Gasteiger partial charge in [0.1, 0.15) is 28.6 Å². The average molecular weight is 492 g/mol. The highest BCUT2D eigenvalue weighted by atomic mass is 35.5. The van der Waals surface area contributed by atoms with Crippen LogP contribution in [0.2, 0.25) is 5.02 Å². The molecule has 0 fully saturated rings. The van der Waals surface area contributed by atoms with Crippen LogP contribution in [0, 0.1) is 10.6 Å². The van der Waals surface area contributed by atoms with E-state index in [1.54, 1.807) is 24.3 Å². The Kier molecular flexibility index (Phi) is 5.61. The number of H-pyrrole nitrogens is 1. The van der Waals surface area contributed by atoms with Gasteiger partial charge in [-0.2, -0.15) is 0 Å². The first-order chi connectivity index (χ1) is 16.4. The molecule has 2 N–H and O–H groups in total. The van der Waals surface area contributed by atoms with Gasteiger partial charge in [-0.15, -0.1) is 0 Å². The van der Waals surface area contributed by atoms with Crippen LogP contribution in [0.25, 0.3) is 17.3 Å². The second-order valence-corrected chi connectivity index (χ2v) is 8.15. The van der Waals surface area contributed by atoms with E-state index in [-0.39, 0.29) is 26.9 Å². The molecule has 3 aromatic carbocycles. The molecule has 0 bridgehead atoms. The van der Waals surface area contributed by atoms with E-state index in [0.29, 0.717) is 28.3 Å². The summed E-state index contributed by atoms with van der Waals surface area (Å²) in [4.78, 5) is 19.3. The van der Waals surface area contributed by atoms with Crippen molar-refractivity contribution in [1.29, 1.82) is 0 Å². The zero-order valence-corrected chi connectivity index (χ0v) is 18.9. The van der Waals surface area contributed by atoms with Gasteiger partial charge in [0.25, 0.3) is 5.56 Å². The Bertz CT molecular complexity index is 1590. The molecule has 168 valence electrons. The number of aromatic amines is 1. The summed E-state index contributed by atoms with van der Waals surface area (Å²) < 4.78 is 21.2. The number of para-hydroxylation sites is 1. The molecule has 1 aromatic heterocycles. The maximum Gasteiger partial charge on any atom is 0.262 e. The number of allylic oxidation sites excluding steroid dienone is 1. The molecule has 6 nitrogen and oxygen atoms in total. The number of ether oxygens (including phenoxy) is 1. The van der Waals surface area contributed by atoms with Crippen LogP contribution in [0.4, 0.5) is 10.1 Å². The Morgan fingerprint density at radius 3 is 2.50 bits per heavy atom. The summed E-state index contributed by atoms with van der Waals surface area (Å²) in [5.74, 6) is 0.350. The quantitative estimate of drug-likeness (QED) is 0.322. The molecular weight excluding hydrogens is 477 g/mol. The van der Waals surface area contributed by atoms with Gasteiger partial charge in [0.15, 0.2) is 4.77 Å². The molecule has 4 aromatic rings. The number of rotatable bonds is 4. The summed E-state index contributed by atoms with van der Waals surface area (Å²) >= 11 is 11.5. The van der Waals surface area contributed by atoms with Crippen molar-refractivity contribution in [2.45, 2.75) is 0 Å². The smallest absolute Gasteiger partial charge is 0.262 e. The molecule has 0 saturated heterocycles. The first kappa shape index (κ1) is 21.8. The van der Waals surface area contributed by atoms with Crippen molar-refractivity contribution < 1.29 is 14.2 Å². The lowest BCUT2D eigenvalue weighted by Crippen LogP contribution is -2.16. The van der Waals surface area contributed by atoms with Gasteiger partial charge in [-0.05, 0) is 66.8 Å². The van der Waals surface area contributed by atoms with Gasteiger partial charge >= 0.3 is 0 Å². The van der Waals surface area contributed by atoms with Crippen LogP contribution in [0.5, 0.6) is 17.4 Å². The van der Waals surface area contributed by atoms with Crippen molar-refractivity contribution in [3.05, 3.63) is 104 Å². The highest BCUT2D eigenvalue weighted by Gasteiger charge is 2.21. The minimum absolute atomic E-state index is 0.00550. The fraction of sp³-hybridized carbons (Fsp3) is 0. The summed E-state index contributed by atoms with van der Waals surface area (Å²) in [6, 6.07) is 18.8. The lowest BCUT2D eigenvalue weighted by atomic mass is 10.0. The van der Waals surface area contributed by atoms with Crippen LogP contribution in [-0.2, 0) is 0 Å². The largest absolute Gasteiger partial charge is 0.494 e. The summed E-state index contributed by atoms with van der Waals surface area (Å²) in [6.07, 6.45) is 2.78. The fourth-order valence-electron chi connectivity index (χ4n) is 3.60. The first-order valence-corrected chi connectivity index (χ1v) is 10.9. The van der Waals surface area contributed by atoms with Gasteiger partial charge in [-0.1, -0.05) is 29.8 Å². The Balaban J connectivity index is 1.56. The van der Waals surface area contributed by atoms with Crippen molar-refractivity contribution in [3.8, 4) is 23.1 Å². The predicted octanol–water partition coefficient (Wildman–Crippen LogP) is 6.44. The van der Waals surface area contributed by atoms with Gasteiger partial charge in [0.05, 0.1) is 10.7 Å². The van der Waals surface area contributed by atoms with E-state index >= 15 is 0 Å². The van der Waals surface area contributed by atoms with Gasteiger partial charge in [-0.3, -0.25) is 19.3 Å². The maximum absolute atomic E-state index is 14.1. The number of aromatic hydroxyl groups is 1. The van der Waals surface area contributed by atoms with Gasteiger partial charge < -0.3 is 9.84 Å². The Hall–Kier alpha value is -4.01. The molecular formula is C25H15ClFN3O3S. The van der Waals surface area contributed by atoms with E-state index in [1.807, 2.05) is 30.3 Å². The first-order valence-electron chi connectivity index (χ1n) is 10.1. The summed E-state index contributed by atoms with van der Waals surface area (Å²) in [6.45, 7) is 0. The standard InChI is InChI=1S/C25H15ClFN3O3S/c26-19-10-11-20(27)22-21(19)14(13-28-22)12-18-23(31)29-25(34)30(24(18)32)15-6-8-17(9-7-15)33-16-4-2-1-3-5-16/h1-13,32H,(H,29,31,34). The molecule has 1 aliphatic heterocycles. The van der Waals surface area contributed by atoms with E-state index in [0.717, 1.165) is 0 Å². The molecule has 5 rings (SSSR count). The minimum atomic E-state index is -0.607. The van der Waals surface area contributed by atoms with Crippen molar-refractivity contribution >= 4 is 47.4 Å². The summed E-state index contributed by atoms with van der Waals surface area (Å²) in [5, 5.41) is 11.3. The second-order valence-electron chi connectivity index (χ2n) is 7.35. The number of fused-ring (bicyclic) bond motifs is 1. The van der Waals surface area contributed by atoms with Crippen LogP contribution in [-0.4, -0.2) is 20.9 Å². The van der Waals surface area contributed by atoms with Crippen molar-refractivity contribution in [1.82, 2.24) is 9.55 Å². The highest BCUT2D eigenvalue weighted by Crippen LogP contribution is 2.40. The molecule has 34 heavy (non-hydrogen) atoms. The molecule has 0 aliphatic carbocycles. The number of hydrogen-bond donors (Lipinski definition) is 2. The average Bonchev–Trinajstić information content (AvgIpc) is 3.26. The monoisotopic (exact) mass is 491 g/mol. The van der Waals surface area contributed by atoms with E-state index in [9.17, 15) is 14.3 Å². The van der Waals surface area contributed by atoms with Gasteiger partial charge in [-0.25, -0.2) is 4.39 Å². The topological polar surface area (TPSA) is 79.6 Å². The lowest BCUT2D eigenvalue weighted by molar-refractivity contribution is 0.431. The number of nitrogens with one attached hydrogen (secondary N) is 1. The van der Waals surface area contributed by atoms with E-state index in [2.05, 4.69) is 9.98 Å². The molecule has 0 amide bonds. The molecule has 0 unspecified atom stereocenters. The van der Waals surface area contributed by atoms with Crippen LogP contribution in [0.1, 0.15) is 11.1 Å². The fourth-order valence-corrected chi connectivity index (χ4v) is 4.15. The zero-order chi connectivity index (χ0) is 23.8. The minimum Gasteiger partial charge on any atom is -0.494 e. The van der Waals surface area contributed by atoms with Crippen molar-refractivity contribution in [3.63, 3.8) is 0 Å². The van der Waals surface area contributed by atoms with Crippen LogP contribution in [0.3, 0.4) is 0 Å². The Morgan fingerprint density at radius 1 is 1.06 bits per heavy atom. The molecule has 9 heteroatoms. The molecule has 2 heterocycles. The van der Waals surface area contributed by atoms with Crippen LogP contribution < -0.4 is 10.3 Å². The van der Waals surface area contributed by atoms with Crippen molar-refractivity contribution in [2.75, 3.05) is 0 Å². The molecule has 0 radical (unpaired) electrons. The third-order valence-electron chi connectivity index (χ3n) is 5.19. The van der Waals surface area contributed by atoms with Crippen LogP contribution >= 0.6 is 23.8 Å². The summed E-state index contributed by atoms with van der Waals surface area (Å²) in [5.41, 5.74) is 0.629. The predicted molar refractivity (Wildman–Crippen MR) is 133 cm³/mol. The number of aliphatic imine (C=N–C) groups is 1. The molecule has 0 saturated carbocycles. The third-order valence-corrected chi connectivity index (χ3v) is 5.79. The Labute approximate surface area is 202 Å². The number of nitrogens with zero attached hydrogens (tertiary/aromatic N) is 2. The van der Waals surface area contributed by atoms with Crippen LogP contribution in [0.15, 0.2) is 76.5 Å². The van der Waals surface area contributed by atoms with Gasteiger partial charge in [0.2, 0.25) is 5.88 Å². The Morgan fingerprint density at radius 2 is 1.76 bits per heavy atom. The van der Waals surface area contributed by atoms with E-state index in [4.69, 9.17) is 28.6 Å². The number of hydrogen-bond acceptors (Lipinski definition) is 5. The maximum atomic E-state index is 14.1.